The van der Waals surface area contributed by atoms with Crippen LogP contribution in [-0.4, -0.2) is 77.6 Å². The van der Waals surface area contributed by atoms with Crippen LogP contribution in [0.15, 0.2) is 35.2 Å². The zero-order chi connectivity index (χ0) is 24.1. The molecule has 32 heavy (non-hydrogen) atoms. The Hall–Kier alpha value is -2.11. The molecule has 0 fully saturated rings. The standard InChI is InChI=1S/C22H32N2O7S/c1-22(2,3)10-9-13(25)17(26)18(27)19(31-5)21(29)23-12-11-32-15-8-6-7-14(30-4)16(15)24-20(12)28/h6-10,12-13,17-19,25-27H,11H2,1-5H3,(H,23,29)(H,24,28)/t12-,13+,17-,18+,19+/m0/s1. The highest BCUT2D eigenvalue weighted by atomic mass is 32.2. The molecule has 2 amide bonds. The van der Waals surface area contributed by atoms with Gasteiger partial charge in [0.25, 0.3) is 5.91 Å². The Balaban J connectivity index is 2.08. The van der Waals surface area contributed by atoms with Crippen LogP contribution < -0.4 is 15.4 Å². The molecule has 1 aliphatic rings. The van der Waals surface area contributed by atoms with Crippen molar-refractivity contribution in [2.75, 3.05) is 25.3 Å². The predicted molar refractivity (Wildman–Crippen MR) is 122 cm³/mol. The average molecular weight is 469 g/mol. The average Bonchev–Trinajstić information content (AvgIpc) is 2.89. The van der Waals surface area contributed by atoms with E-state index >= 15 is 0 Å². The van der Waals surface area contributed by atoms with E-state index in [-0.39, 0.29) is 11.2 Å². The molecule has 5 atom stereocenters. The number of allylic oxidation sites excluding steroid dienone is 1. The SMILES string of the molecule is COc1cccc2c1NC(=O)[C@@H](NC(=O)[C@H](OC)[C@H](O)[C@@H](O)[C@H](O)C=CC(C)(C)C)CS2. The van der Waals surface area contributed by atoms with E-state index in [1.165, 1.54) is 32.1 Å². The number of hydrogen-bond donors (Lipinski definition) is 5. The first-order chi connectivity index (χ1) is 15.0. The molecule has 0 aromatic heterocycles. The number of anilines is 1. The molecule has 0 saturated heterocycles. The summed E-state index contributed by atoms with van der Waals surface area (Å²) in [7, 11) is 2.69. The lowest BCUT2D eigenvalue weighted by atomic mass is 9.94. The Morgan fingerprint density at radius 1 is 1.25 bits per heavy atom. The minimum absolute atomic E-state index is 0.240. The minimum atomic E-state index is -1.72. The first kappa shape index (κ1) is 26.1. The molecule has 1 aromatic carbocycles. The number of hydrogen-bond acceptors (Lipinski definition) is 8. The number of nitrogens with one attached hydrogen (secondary N) is 2. The molecule has 2 rings (SSSR count). The third kappa shape index (κ3) is 6.69. The molecule has 5 N–H and O–H groups in total. The van der Waals surface area contributed by atoms with Crippen LogP contribution in [0.3, 0.4) is 0 Å². The Morgan fingerprint density at radius 2 is 1.94 bits per heavy atom. The molecule has 178 valence electrons. The van der Waals surface area contributed by atoms with Gasteiger partial charge in [-0.05, 0) is 17.5 Å². The highest BCUT2D eigenvalue weighted by molar-refractivity contribution is 7.99. The second kappa shape index (κ2) is 11.2. The van der Waals surface area contributed by atoms with E-state index < -0.39 is 42.3 Å². The summed E-state index contributed by atoms with van der Waals surface area (Å²) < 4.78 is 10.4. The maximum absolute atomic E-state index is 12.8. The van der Waals surface area contributed by atoms with Crippen molar-refractivity contribution < 1.29 is 34.4 Å². The number of amides is 2. The largest absolute Gasteiger partial charge is 0.495 e. The second-order valence-electron chi connectivity index (χ2n) is 8.55. The van der Waals surface area contributed by atoms with Crippen molar-refractivity contribution in [3.8, 4) is 5.75 Å². The summed E-state index contributed by atoms with van der Waals surface area (Å²) in [5, 5.41) is 36.2. The number of aliphatic hydroxyl groups excluding tert-OH is 3. The lowest BCUT2D eigenvalue weighted by molar-refractivity contribution is -0.150. The minimum Gasteiger partial charge on any atom is -0.495 e. The van der Waals surface area contributed by atoms with E-state index in [1.54, 1.807) is 18.2 Å². The number of thioether (sulfide) groups is 1. The molecule has 0 bridgehead atoms. The van der Waals surface area contributed by atoms with Crippen molar-refractivity contribution in [2.45, 2.75) is 56.1 Å². The Labute approximate surface area is 192 Å². The van der Waals surface area contributed by atoms with Crippen LogP contribution in [-0.2, 0) is 14.3 Å². The highest BCUT2D eigenvalue weighted by Gasteiger charge is 2.37. The van der Waals surface area contributed by atoms with Gasteiger partial charge in [0.05, 0.1) is 12.8 Å². The lowest BCUT2D eigenvalue weighted by Gasteiger charge is -2.28. The van der Waals surface area contributed by atoms with E-state index in [9.17, 15) is 24.9 Å². The topological polar surface area (TPSA) is 137 Å². The fraction of sp³-hybridized carbons (Fsp3) is 0.545. The first-order valence-electron chi connectivity index (χ1n) is 10.2. The number of aliphatic hydroxyl groups is 3. The number of para-hydroxylation sites is 1. The molecule has 0 saturated carbocycles. The van der Waals surface area contributed by atoms with Crippen LogP contribution >= 0.6 is 11.8 Å². The van der Waals surface area contributed by atoms with Gasteiger partial charge in [0, 0.05) is 17.8 Å². The molecule has 0 spiro atoms. The fourth-order valence-corrected chi connectivity index (χ4v) is 4.08. The zero-order valence-electron chi connectivity index (χ0n) is 18.9. The van der Waals surface area contributed by atoms with Gasteiger partial charge < -0.3 is 35.4 Å². The normalized spacial score (nSPS) is 20.5. The Bertz CT molecular complexity index is 840. The molecule has 0 aliphatic carbocycles. The summed E-state index contributed by atoms with van der Waals surface area (Å²) in [5.74, 6) is -0.498. The molecule has 0 unspecified atom stereocenters. The third-order valence-corrected chi connectivity index (χ3v) is 5.96. The van der Waals surface area contributed by atoms with Gasteiger partial charge >= 0.3 is 0 Å². The monoisotopic (exact) mass is 468 g/mol. The van der Waals surface area contributed by atoms with E-state index in [2.05, 4.69) is 10.6 Å². The maximum Gasteiger partial charge on any atom is 0.252 e. The number of benzene rings is 1. The van der Waals surface area contributed by atoms with Crippen molar-refractivity contribution in [1.82, 2.24) is 5.32 Å². The molecule has 1 heterocycles. The third-order valence-electron chi connectivity index (χ3n) is 4.81. The van der Waals surface area contributed by atoms with Crippen LogP contribution in [0.4, 0.5) is 5.69 Å². The van der Waals surface area contributed by atoms with Crippen LogP contribution in [0.2, 0.25) is 0 Å². The quantitative estimate of drug-likeness (QED) is 0.355. The van der Waals surface area contributed by atoms with Gasteiger partial charge in [0.2, 0.25) is 5.91 Å². The van der Waals surface area contributed by atoms with E-state index in [0.717, 1.165) is 4.90 Å². The number of ether oxygens (including phenoxy) is 2. The maximum atomic E-state index is 12.8. The van der Waals surface area contributed by atoms with Crippen LogP contribution in [0.5, 0.6) is 5.75 Å². The smallest absolute Gasteiger partial charge is 0.252 e. The van der Waals surface area contributed by atoms with Crippen molar-refractivity contribution in [3.63, 3.8) is 0 Å². The molecule has 0 radical (unpaired) electrons. The van der Waals surface area contributed by atoms with Gasteiger partial charge in [-0.25, -0.2) is 0 Å². The summed E-state index contributed by atoms with van der Waals surface area (Å²) in [6.45, 7) is 5.73. The van der Waals surface area contributed by atoms with E-state index in [1.807, 2.05) is 26.8 Å². The summed E-state index contributed by atoms with van der Waals surface area (Å²) in [5.41, 5.74) is 0.281. The van der Waals surface area contributed by atoms with Crippen LogP contribution in [0, 0.1) is 5.41 Å². The first-order valence-corrected chi connectivity index (χ1v) is 11.1. The molecule has 1 aromatic rings. The predicted octanol–water partition coefficient (Wildman–Crippen LogP) is 0.924. The Kier molecular flexibility index (Phi) is 9.11. The van der Waals surface area contributed by atoms with Gasteiger partial charge in [-0.1, -0.05) is 39.0 Å². The van der Waals surface area contributed by atoms with Gasteiger partial charge in [-0.15, -0.1) is 11.8 Å². The highest BCUT2D eigenvalue weighted by Crippen LogP contribution is 2.37. The van der Waals surface area contributed by atoms with Gasteiger partial charge in [-0.2, -0.15) is 0 Å². The van der Waals surface area contributed by atoms with E-state index in [4.69, 9.17) is 9.47 Å². The summed E-state index contributed by atoms with van der Waals surface area (Å²) in [6, 6.07) is 4.43. The number of methoxy groups -OCH3 is 2. The summed E-state index contributed by atoms with van der Waals surface area (Å²) in [4.78, 5) is 26.2. The van der Waals surface area contributed by atoms with Crippen LogP contribution in [0.1, 0.15) is 20.8 Å². The van der Waals surface area contributed by atoms with Crippen molar-refractivity contribution >= 4 is 29.3 Å². The van der Waals surface area contributed by atoms with Crippen LogP contribution in [0.25, 0.3) is 0 Å². The molecule has 1 aliphatic heterocycles. The number of carbonyl (C=O) groups is 2. The molecular weight excluding hydrogens is 436 g/mol. The zero-order valence-corrected chi connectivity index (χ0v) is 19.7. The molecule has 9 nitrogen and oxygen atoms in total. The van der Waals surface area contributed by atoms with Crippen molar-refractivity contribution in [1.29, 1.82) is 0 Å². The number of carbonyl (C=O) groups excluding carboxylic acids is 2. The molecular formula is C22H32N2O7S. The summed E-state index contributed by atoms with van der Waals surface area (Å²) >= 11 is 1.36. The summed E-state index contributed by atoms with van der Waals surface area (Å²) in [6.07, 6.45) is -3.25. The van der Waals surface area contributed by atoms with Gasteiger partial charge in [-0.3, -0.25) is 9.59 Å². The van der Waals surface area contributed by atoms with Gasteiger partial charge in [0.1, 0.15) is 30.1 Å². The fourth-order valence-electron chi connectivity index (χ4n) is 3.03. The van der Waals surface area contributed by atoms with E-state index in [0.29, 0.717) is 11.4 Å². The van der Waals surface area contributed by atoms with Gasteiger partial charge in [0.15, 0.2) is 6.10 Å². The second-order valence-corrected chi connectivity index (χ2v) is 9.61. The number of rotatable bonds is 8. The number of fused-ring (bicyclic) bond motifs is 1. The van der Waals surface area contributed by atoms with Crippen molar-refractivity contribution in [2.24, 2.45) is 5.41 Å². The van der Waals surface area contributed by atoms with Crippen molar-refractivity contribution in [3.05, 3.63) is 30.4 Å². The lowest BCUT2D eigenvalue weighted by Crippen LogP contribution is -2.55. The Morgan fingerprint density at radius 3 is 2.53 bits per heavy atom. The molecule has 10 heteroatoms.